The van der Waals surface area contributed by atoms with Gasteiger partial charge in [0.1, 0.15) is 0 Å². The average molecular weight is 343 g/mol. The highest BCUT2D eigenvalue weighted by molar-refractivity contribution is 7.99. The highest BCUT2D eigenvalue weighted by atomic mass is 32.2. The monoisotopic (exact) mass is 343 g/mol. The number of amides is 1. The zero-order valence-corrected chi connectivity index (χ0v) is 14.5. The van der Waals surface area contributed by atoms with E-state index < -0.39 is 0 Å². The summed E-state index contributed by atoms with van der Waals surface area (Å²) in [5.74, 6) is 0.190. The van der Waals surface area contributed by atoms with Gasteiger partial charge in [0, 0.05) is 24.1 Å². The number of rotatable bonds is 5. The number of nitrogens with zero attached hydrogens (tertiary/aromatic N) is 2. The van der Waals surface area contributed by atoms with Gasteiger partial charge in [-0.1, -0.05) is 36.7 Å². The lowest BCUT2D eigenvalue weighted by Crippen LogP contribution is -2.34. The predicted octanol–water partition coefficient (Wildman–Crippen LogP) is 2.69. The van der Waals surface area contributed by atoms with Crippen molar-refractivity contribution >= 4 is 17.7 Å². The Morgan fingerprint density at radius 1 is 1.38 bits per heavy atom. The summed E-state index contributed by atoms with van der Waals surface area (Å²) in [6.45, 7) is 1.98. The maximum atomic E-state index is 12.6. The van der Waals surface area contributed by atoms with Crippen molar-refractivity contribution in [3.05, 3.63) is 52.6 Å². The molecule has 1 aliphatic rings. The molecule has 6 heteroatoms. The Morgan fingerprint density at radius 3 is 2.92 bits per heavy atom. The first-order chi connectivity index (χ1) is 11.6. The molecular formula is C18H21N3O2S. The molecule has 1 aliphatic carbocycles. The third kappa shape index (κ3) is 4.06. The molecule has 24 heavy (non-hydrogen) atoms. The number of carbonyl (C=O) groups is 1. The van der Waals surface area contributed by atoms with Crippen LogP contribution in [0, 0.1) is 6.92 Å². The second kappa shape index (κ2) is 7.66. The van der Waals surface area contributed by atoms with E-state index in [1.54, 1.807) is 17.0 Å². The summed E-state index contributed by atoms with van der Waals surface area (Å²) in [6.07, 6.45) is 7.72. The van der Waals surface area contributed by atoms with E-state index >= 15 is 0 Å². The number of thioether (sulfide) groups is 1. The van der Waals surface area contributed by atoms with Gasteiger partial charge in [-0.25, -0.2) is 4.98 Å². The van der Waals surface area contributed by atoms with Crippen LogP contribution in [0.5, 0.6) is 0 Å². The Morgan fingerprint density at radius 2 is 2.17 bits per heavy atom. The van der Waals surface area contributed by atoms with Crippen LogP contribution in [0.2, 0.25) is 0 Å². The SMILES string of the molecule is Cc1cccc(-n2ccnc(SCC(=O)NC3CCCC3)c2=O)c1. The van der Waals surface area contributed by atoms with E-state index in [1.165, 1.54) is 24.6 Å². The maximum Gasteiger partial charge on any atom is 0.287 e. The first-order valence-corrected chi connectivity index (χ1v) is 9.19. The Kier molecular flexibility index (Phi) is 5.35. The van der Waals surface area contributed by atoms with Gasteiger partial charge in [-0.3, -0.25) is 14.2 Å². The minimum absolute atomic E-state index is 0.0286. The molecular weight excluding hydrogens is 322 g/mol. The molecule has 1 fully saturated rings. The van der Waals surface area contributed by atoms with Crippen LogP contribution in [-0.4, -0.2) is 27.3 Å². The predicted molar refractivity (Wildman–Crippen MR) is 95.7 cm³/mol. The lowest BCUT2D eigenvalue weighted by Gasteiger charge is -2.11. The van der Waals surface area contributed by atoms with Crippen LogP contribution >= 0.6 is 11.8 Å². The van der Waals surface area contributed by atoms with Crippen molar-refractivity contribution in [2.24, 2.45) is 0 Å². The number of hydrogen-bond acceptors (Lipinski definition) is 4. The van der Waals surface area contributed by atoms with Gasteiger partial charge in [-0.05, 0) is 37.5 Å². The molecule has 126 valence electrons. The number of aromatic nitrogens is 2. The van der Waals surface area contributed by atoms with Gasteiger partial charge in [0.15, 0.2) is 5.03 Å². The van der Waals surface area contributed by atoms with Crippen LogP contribution in [0.25, 0.3) is 5.69 Å². The summed E-state index contributed by atoms with van der Waals surface area (Å²) in [7, 11) is 0. The van der Waals surface area contributed by atoms with Crippen LogP contribution in [0.1, 0.15) is 31.2 Å². The first kappa shape index (κ1) is 16.8. The van der Waals surface area contributed by atoms with Gasteiger partial charge < -0.3 is 5.32 Å². The second-order valence-corrected chi connectivity index (χ2v) is 7.05. The standard InChI is InChI=1S/C18H21N3O2S/c1-13-5-4-8-15(11-13)21-10-9-19-17(18(21)23)24-12-16(22)20-14-6-2-3-7-14/h4-5,8-11,14H,2-3,6-7,12H2,1H3,(H,20,22). The fourth-order valence-corrected chi connectivity index (χ4v) is 3.66. The van der Waals surface area contributed by atoms with Crippen molar-refractivity contribution < 1.29 is 4.79 Å². The minimum Gasteiger partial charge on any atom is -0.353 e. The lowest BCUT2D eigenvalue weighted by atomic mass is 10.2. The quantitative estimate of drug-likeness (QED) is 0.848. The summed E-state index contributed by atoms with van der Waals surface area (Å²) >= 11 is 1.20. The number of carbonyl (C=O) groups excluding carboxylic acids is 1. The Bertz CT molecular complexity index is 782. The van der Waals surface area contributed by atoms with Gasteiger partial charge in [-0.15, -0.1) is 0 Å². The summed E-state index contributed by atoms with van der Waals surface area (Å²) in [6, 6.07) is 8.03. The van der Waals surface area contributed by atoms with E-state index in [1.807, 2.05) is 31.2 Å². The molecule has 0 radical (unpaired) electrons. The number of nitrogens with one attached hydrogen (secondary N) is 1. The highest BCUT2D eigenvalue weighted by Gasteiger charge is 2.17. The largest absolute Gasteiger partial charge is 0.353 e. The minimum atomic E-state index is -0.193. The summed E-state index contributed by atoms with van der Waals surface area (Å²) in [5.41, 5.74) is 1.70. The number of benzene rings is 1. The van der Waals surface area contributed by atoms with Crippen molar-refractivity contribution in [1.82, 2.24) is 14.9 Å². The summed E-state index contributed by atoms with van der Waals surface area (Å²) in [4.78, 5) is 28.7. The molecule has 0 unspecified atom stereocenters. The van der Waals surface area contributed by atoms with E-state index in [0.29, 0.717) is 11.1 Å². The van der Waals surface area contributed by atoms with Crippen molar-refractivity contribution in [2.45, 2.75) is 43.7 Å². The normalized spacial score (nSPS) is 14.7. The highest BCUT2D eigenvalue weighted by Crippen LogP contribution is 2.18. The van der Waals surface area contributed by atoms with E-state index in [4.69, 9.17) is 0 Å². The average Bonchev–Trinajstić information content (AvgIpc) is 3.07. The fraction of sp³-hybridized carbons (Fsp3) is 0.389. The zero-order chi connectivity index (χ0) is 16.9. The van der Waals surface area contributed by atoms with Gasteiger partial charge in [0.25, 0.3) is 5.56 Å². The van der Waals surface area contributed by atoms with Crippen molar-refractivity contribution in [1.29, 1.82) is 0 Å². The van der Waals surface area contributed by atoms with Crippen LogP contribution in [0.4, 0.5) is 0 Å². The van der Waals surface area contributed by atoms with E-state index in [-0.39, 0.29) is 17.2 Å². The van der Waals surface area contributed by atoms with E-state index in [0.717, 1.165) is 24.1 Å². The summed E-state index contributed by atoms with van der Waals surface area (Å²) in [5, 5.41) is 3.37. The molecule has 0 spiro atoms. The molecule has 1 N–H and O–H groups in total. The zero-order valence-electron chi connectivity index (χ0n) is 13.7. The fourth-order valence-electron chi connectivity index (χ4n) is 2.95. The smallest absolute Gasteiger partial charge is 0.287 e. The molecule has 0 saturated heterocycles. The molecule has 1 saturated carbocycles. The van der Waals surface area contributed by atoms with Crippen molar-refractivity contribution in [3.8, 4) is 5.69 Å². The number of hydrogen-bond donors (Lipinski definition) is 1. The maximum absolute atomic E-state index is 12.6. The molecule has 0 bridgehead atoms. The van der Waals surface area contributed by atoms with Gasteiger partial charge >= 0.3 is 0 Å². The molecule has 3 rings (SSSR count). The van der Waals surface area contributed by atoms with Crippen molar-refractivity contribution in [3.63, 3.8) is 0 Å². The molecule has 5 nitrogen and oxygen atoms in total. The second-order valence-electron chi connectivity index (χ2n) is 6.08. The van der Waals surface area contributed by atoms with Gasteiger partial charge in [0.05, 0.1) is 5.75 Å². The van der Waals surface area contributed by atoms with E-state index in [2.05, 4.69) is 10.3 Å². The van der Waals surface area contributed by atoms with Gasteiger partial charge in [-0.2, -0.15) is 0 Å². The molecule has 0 atom stereocenters. The van der Waals surface area contributed by atoms with Crippen LogP contribution in [-0.2, 0) is 4.79 Å². The first-order valence-electron chi connectivity index (χ1n) is 8.20. The summed E-state index contributed by atoms with van der Waals surface area (Å²) < 4.78 is 1.57. The molecule has 1 aromatic carbocycles. The molecule has 2 aromatic rings. The van der Waals surface area contributed by atoms with Crippen LogP contribution in [0.3, 0.4) is 0 Å². The topological polar surface area (TPSA) is 64.0 Å². The van der Waals surface area contributed by atoms with Crippen LogP contribution in [0.15, 0.2) is 46.5 Å². The molecule has 1 amide bonds. The third-order valence-corrected chi connectivity index (χ3v) is 5.11. The van der Waals surface area contributed by atoms with Crippen molar-refractivity contribution in [2.75, 3.05) is 5.75 Å². The van der Waals surface area contributed by atoms with E-state index in [9.17, 15) is 9.59 Å². The number of aryl methyl sites for hydroxylation is 1. The lowest BCUT2D eigenvalue weighted by molar-refractivity contribution is -0.119. The Balaban J connectivity index is 1.69. The molecule has 0 aliphatic heterocycles. The molecule has 1 aromatic heterocycles. The van der Waals surface area contributed by atoms with Gasteiger partial charge in [0.2, 0.25) is 5.91 Å². The molecule has 1 heterocycles. The van der Waals surface area contributed by atoms with Crippen LogP contribution < -0.4 is 10.9 Å². The Labute approximate surface area is 145 Å². The third-order valence-electron chi connectivity index (χ3n) is 4.15. The Hall–Kier alpha value is -2.08.